The van der Waals surface area contributed by atoms with Gasteiger partial charge in [-0.3, -0.25) is 0 Å². The summed E-state index contributed by atoms with van der Waals surface area (Å²) in [5.41, 5.74) is 0. The quantitative estimate of drug-likeness (QED) is 0.794. The predicted molar refractivity (Wildman–Crippen MR) is 55.4 cm³/mol. The number of hydrogen-bond donors (Lipinski definition) is 1. The van der Waals surface area contributed by atoms with Crippen molar-refractivity contribution in [2.75, 3.05) is 19.0 Å². The first kappa shape index (κ1) is 9.52. The normalized spacial score (nSPS) is 22.2. The van der Waals surface area contributed by atoms with Gasteiger partial charge in [0.05, 0.1) is 12.6 Å². The highest BCUT2D eigenvalue weighted by Crippen LogP contribution is 2.16. The van der Waals surface area contributed by atoms with Crippen LogP contribution in [0.3, 0.4) is 0 Å². The number of anilines is 1. The van der Waals surface area contributed by atoms with E-state index in [1.807, 2.05) is 19.4 Å². The maximum Gasteiger partial charge on any atom is 0.202 e. The van der Waals surface area contributed by atoms with Crippen LogP contribution in [0.15, 0.2) is 12.4 Å². The topological polar surface area (TPSA) is 39.1 Å². The van der Waals surface area contributed by atoms with Gasteiger partial charge in [0.25, 0.3) is 0 Å². The molecule has 1 aliphatic heterocycles. The fourth-order valence-corrected chi connectivity index (χ4v) is 1.86. The lowest BCUT2D eigenvalue weighted by Crippen LogP contribution is -2.24. The SMILES string of the molecule is CNc1nccn1CC1CCCCO1. The third-order valence-corrected chi connectivity index (χ3v) is 2.61. The smallest absolute Gasteiger partial charge is 0.202 e. The van der Waals surface area contributed by atoms with E-state index in [1.165, 1.54) is 19.3 Å². The lowest BCUT2D eigenvalue weighted by atomic mass is 10.1. The Kier molecular flexibility index (Phi) is 3.03. The Bertz CT molecular complexity index is 279. The highest BCUT2D eigenvalue weighted by atomic mass is 16.5. The van der Waals surface area contributed by atoms with Gasteiger partial charge in [-0.2, -0.15) is 0 Å². The lowest BCUT2D eigenvalue weighted by Gasteiger charge is -2.23. The molecule has 0 bridgehead atoms. The van der Waals surface area contributed by atoms with Gasteiger partial charge in [0.1, 0.15) is 0 Å². The van der Waals surface area contributed by atoms with Crippen LogP contribution in [0.4, 0.5) is 5.95 Å². The van der Waals surface area contributed by atoms with E-state index in [-0.39, 0.29) is 0 Å². The molecule has 2 heterocycles. The van der Waals surface area contributed by atoms with Gasteiger partial charge < -0.3 is 14.6 Å². The average molecular weight is 195 g/mol. The fraction of sp³-hybridized carbons (Fsp3) is 0.700. The van der Waals surface area contributed by atoms with Gasteiger partial charge in [-0.1, -0.05) is 0 Å². The second-order valence-corrected chi connectivity index (χ2v) is 3.64. The zero-order chi connectivity index (χ0) is 9.80. The Morgan fingerprint density at radius 1 is 1.64 bits per heavy atom. The lowest BCUT2D eigenvalue weighted by molar-refractivity contribution is 0.00630. The Morgan fingerprint density at radius 3 is 3.29 bits per heavy atom. The molecule has 1 aromatic rings. The minimum atomic E-state index is 0.366. The average Bonchev–Trinajstić information content (AvgIpc) is 2.67. The number of hydrogen-bond acceptors (Lipinski definition) is 3. The molecule has 1 saturated heterocycles. The molecular formula is C10H17N3O. The highest BCUT2D eigenvalue weighted by Gasteiger charge is 2.15. The van der Waals surface area contributed by atoms with Crippen LogP contribution in [-0.4, -0.2) is 29.3 Å². The summed E-state index contributed by atoms with van der Waals surface area (Å²) >= 11 is 0. The molecule has 4 heteroatoms. The van der Waals surface area contributed by atoms with Crippen LogP contribution in [0, 0.1) is 0 Å². The van der Waals surface area contributed by atoms with Gasteiger partial charge in [0, 0.05) is 26.0 Å². The van der Waals surface area contributed by atoms with Crippen LogP contribution in [0.2, 0.25) is 0 Å². The number of aromatic nitrogens is 2. The van der Waals surface area contributed by atoms with Crippen LogP contribution in [-0.2, 0) is 11.3 Å². The standard InChI is InChI=1S/C10H17N3O/c1-11-10-12-5-6-13(10)8-9-4-2-3-7-14-9/h5-6,9H,2-4,7-8H2,1H3,(H,11,12). The van der Waals surface area contributed by atoms with Crippen LogP contribution in [0.5, 0.6) is 0 Å². The van der Waals surface area contributed by atoms with Crippen molar-refractivity contribution in [1.82, 2.24) is 9.55 Å². The van der Waals surface area contributed by atoms with E-state index >= 15 is 0 Å². The number of nitrogens with zero attached hydrogens (tertiary/aromatic N) is 2. The molecule has 1 aromatic heterocycles. The molecule has 0 spiro atoms. The molecule has 1 N–H and O–H groups in total. The summed E-state index contributed by atoms with van der Waals surface area (Å²) < 4.78 is 7.78. The summed E-state index contributed by atoms with van der Waals surface area (Å²) in [5, 5.41) is 3.06. The second kappa shape index (κ2) is 4.46. The predicted octanol–water partition coefficient (Wildman–Crippen LogP) is 1.49. The van der Waals surface area contributed by atoms with Crippen molar-refractivity contribution in [3.05, 3.63) is 12.4 Å². The second-order valence-electron chi connectivity index (χ2n) is 3.64. The summed E-state index contributed by atoms with van der Waals surface area (Å²) in [7, 11) is 1.89. The summed E-state index contributed by atoms with van der Waals surface area (Å²) in [6.45, 7) is 1.82. The van der Waals surface area contributed by atoms with Crippen LogP contribution in [0.25, 0.3) is 0 Å². The van der Waals surface area contributed by atoms with E-state index in [2.05, 4.69) is 14.9 Å². The fourth-order valence-electron chi connectivity index (χ4n) is 1.86. The Labute approximate surface area is 84.3 Å². The summed E-state index contributed by atoms with van der Waals surface area (Å²) in [5.74, 6) is 0.916. The van der Waals surface area contributed by atoms with Gasteiger partial charge in [-0.15, -0.1) is 0 Å². The van der Waals surface area contributed by atoms with E-state index in [0.717, 1.165) is 19.1 Å². The molecule has 14 heavy (non-hydrogen) atoms. The minimum absolute atomic E-state index is 0.366. The van der Waals surface area contributed by atoms with Gasteiger partial charge >= 0.3 is 0 Å². The number of nitrogens with one attached hydrogen (secondary N) is 1. The molecule has 1 unspecified atom stereocenters. The Balaban J connectivity index is 1.95. The van der Waals surface area contributed by atoms with E-state index in [1.54, 1.807) is 0 Å². The van der Waals surface area contributed by atoms with Gasteiger partial charge in [-0.05, 0) is 19.3 Å². The Morgan fingerprint density at radius 2 is 2.57 bits per heavy atom. The van der Waals surface area contributed by atoms with E-state index < -0.39 is 0 Å². The zero-order valence-corrected chi connectivity index (χ0v) is 8.57. The molecule has 0 aliphatic carbocycles. The third-order valence-electron chi connectivity index (χ3n) is 2.61. The molecule has 1 atom stereocenters. The van der Waals surface area contributed by atoms with Crippen molar-refractivity contribution in [3.63, 3.8) is 0 Å². The molecule has 0 radical (unpaired) electrons. The zero-order valence-electron chi connectivity index (χ0n) is 8.57. The molecule has 0 amide bonds. The van der Waals surface area contributed by atoms with E-state index in [0.29, 0.717) is 6.10 Å². The first-order chi connectivity index (χ1) is 6.90. The van der Waals surface area contributed by atoms with Gasteiger partial charge in [0.15, 0.2) is 0 Å². The first-order valence-electron chi connectivity index (χ1n) is 5.20. The molecule has 2 rings (SSSR count). The first-order valence-corrected chi connectivity index (χ1v) is 5.20. The van der Waals surface area contributed by atoms with Crippen molar-refractivity contribution >= 4 is 5.95 Å². The van der Waals surface area contributed by atoms with Gasteiger partial charge in [-0.25, -0.2) is 4.98 Å². The van der Waals surface area contributed by atoms with Crippen molar-refractivity contribution in [2.45, 2.75) is 31.9 Å². The Hall–Kier alpha value is -1.03. The molecule has 1 aliphatic rings. The minimum Gasteiger partial charge on any atom is -0.376 e. The van der Waals surface area contributed by atoms with Crippen molar-refractivity contribution in [2.24, 2.45) is 0 Å². The molecule has 1 fully saturated rings. The largest absolute Gasteiger partial charge is 0.376 e. The van der Waals surface area contributed by atoms with Gasteiger partial charge in [0.2, 0.25) is 5.95 Å². The number of rotatable bonds is 3. The van der Waals surface area contributed by atoms with Crippen molar-refractivity contribution in [1.29, 1.82) is 0 Å². The summed E-state index contributed by atoms with van der Waals surface area (Å²) in [4.78, 5) is 4.20. The molecule has 4 nitrogen and oxygen atoms in total. The van der Waals surface area contributed by atoms with Crippen LogP contribution in [0.1, 0.15) is 19.3 Å². The van der Waals surface area contributed by atoms with Crippen molar-refractivity contribution in [3.8, 4) is 0 Å². The number of imidazole rings is 1. The summed E-state index contributed by atoms with van der Waals surface area (Å²) in [6.07, 6.45) is 7.83. The van der Waals surface area contributed by atoms with E-state index in [4.69, 9.17) is 4.74 Å². The molecular weight excluding hydrogens is 178 g/mol. The monoisotopic (exact) mass is 195 g/mol. The van der Waals surface area contributed by atoms with Crippen LogP contribution < -0.4 is 5.32 Å². The third kappa shape index (κ3) is 2.07. The van der Waals surface area contributed by atoms with Crippen molar-refractivity contribution < 1.29 is 4.74 Å². The molecule has 78 valence electrons. The highest BCUT2D eigenvalue weighted by molar-refractivity contribution is 5.24. The summed E-state index contributed by atoms with van der Waals surface area (Å²) in [6, 6.07) is 0. The van der Waals surface area contributed by atoms with E-state index in [9.17, 15) is 0 Å². The molecule has 0 aromatic carbocycles. The number of ether oxygens (including phenoxy) is 1. The van der Waals surface area contributed by atoms with Crippen LogP contribution >= 0.6 is 0 Å². The maximum atomic E-state index is 5.67. The molecule has 0 saturated carbocycles. The maximum absolute atomic E-state index is 5.67.